The minimum Gasteiger partial charge on any atom is -0.337 e. The molecule has 0 radical (unpaired) electrons. The van der Waals surface area contributed by atoms with Gasteiger partial charge < -0.3 is 10.2 Å². The molecule has 3 aliphatic rings. The van der Waals surface area contributed by atoms with Gasteiger partial charge in [-0.2, -0.15) is 0 Å². The highest BCUT2D eigenvalue weighted by atomic mass is 16.2. The number of rotatable bonds is 3. The van der Waals surface area contributed by atoms with Crippen LogP contribution in [0.15, 0.2) is 30.5 Å². The van der Waals surface area contributed by atoms with E-state index in [1.54, 1.807) is 0 Å². The highest BCUT2D eigenvalue weighted by Crippen LogP contribution is 2.24. The van der Waals surface area contributed by atoms with E-state index >= 15 is 0 Å². The molecule has 4 heterocycles. The fraction of sp³-hybridized carbons (Fsp3) is 0.476. The second kappa shape index (κ2) is 7.02. The van der Waals surface area contributed by atoms with E-state index in [4.69, 9.17) is 4.98 Å². The van der Waals surface area contributed by atoms with E-state index in [0.717, 1.165) is 62.6 Å². The number of amides is 1. The van der Waals surface area contributed by atoms with E-state index in [-0.39, 0.29) is 5.91 Å². The summed E-state index contributed by atoms with van der Waals surface area (Å²) in [6, 6.07) is 8.46. The number of nitrogens with zero attached hydrogens (tertiary/aromatic N) is 4. The highest BCUT2D eigenvalue weighted by molar-refractivity contribution is 5.78. The first-order valence-corrected chi connectivity index (χ1v) is 9.88. The molecule has 6 nitrogen and oxygen atoms in total. The van der Waals surface area contributed by atoms with Crippen LogP contribution in [0.2, 0.25) is 0 Å². The second-order valence-electron chi connectivity index (χ2n) is 7.87. The van der Waals surface area contributed by atoms with E-state index in [2.05, 4.69) is 39.5 Å². The Morgan fingerprint density at radius 1 is 1.15 bits per heavy atom. The summed E-state index contributed by atoms with van der Waals surface area (Å²) in [5, 5.41) is 3.38. The predicted octanol–water partition coefficient (Wildman–Crippen LogP) is 1.45. The van der Waals surface area contributed by atoms with Gasteiger partial charge in [-0.25, -0.2) is 9.97 Å². The summed E-state index contributed by atoms with van der Waals surface area (Å²) in [6.45, 7) is 5.64. The van der Waals surface area contributed by atoms with Crippen LogP contribution in [0.4, 0.5) is 0 Å². The van der Waals surface area contributed by atoms with Crippen LogP contribution >= 0.6 is 0 Å². The summed E-state index contributed by atoms with van der Waals surface area (Å²) in [6.07, 6.45) is 3.89. The molecule has 3 aliphatic heterocycles. The Kier molecular flexibility index (Phi) is 4.38. The molecule has 0 spiro atoms. The number of fused-ring (bicyclic) bond motifs is 2. The average molecular weight is 363 g/mol. The number of benzene rings is 1. The number of carbonyl (C=O) groups excluding carboxylic acids is 1. The quantitative estimate of drug-likeness (QED) is 0.895. The molecular formula is C21H25N5O. The first-order valence-electron chi connectivity index (χ1n) is 9.88. The van der Waals surface area contributed by atoms with Crippen molar-refractivity contribution in [1.29, 1.82) is 0 Å². The zero-order valence-corrected chi connectivity index (χ0v) is 15.5. The van der Waals surface area contributed by atoms with Crippen LogP contribution in [-0.4, -0.2) is 51.9 Å². The zero-order chi connectivity index (χ0) is 18.2. The van der Waals surface area contributed by atoms with E-state index < -0.39 is 0 Å². The van der Waals surface area contributed by atoms with E-state index in [0.29, 0.717) is 19.0 Å². The lowest BCUT2D eigenvalue weighted by Crippen LogP contribution is -2.41. The largest absolute Gasteiger partial charge is 0.337 e. The summed E-state index contributed by atoms with van der Waals surface area (Å²) in [7, 11) is 0. The smallest absolute Gasteiger partial charge is 0.237 e. The predicted molar refractivity (Wildman–Crippen MR) is 102 cm³/mol. The van der Waals surface area contributed by atoms with Crippen LogP contribution in [0.3, 0.4) is 0 Å². The summed E-state index contributed by atoms with van der Waals surface area (Å²) in [5.41, 5.74) is 4.92. The van der Waals surface area contributed by atoms with Gasteiger partial charge >= 0.3 is 0 Å². The van der Waals surface area contributed by atoms with Crippen molar-refractivity contribution in [1.82, 2.24) is 25.1 Å². The fourth-order valence-electron chi connectivity index (χ4n) is 4.42. The lowest BCUT2D eigenvalue weighted by Gasteiger charge is -2.30. The normalized spacial score (nSPS) is 21.9. The van der Waals surface area contributed by atoms with Crippen LogP contribution in [0.25, 0.3) is 0 Å². The molecule has 140 valence electrons. The Hall–Kier alpha value is -2.31. The maximum absolute atomic E-state index is 12.8. The lowest BCUT2D eigenvalue weighted by molar-refractivity contribution is -0.133. The van der Waals surface area contributed by atoms with Crippen LogP contribution in [0.1, 0.15) is 40.5 Å². The van der Waals surface area contributed by atoms with Gasteiger partial charge in [0.1, 0.15) is 5.82 Å². The third kappa shape index (κ3) is 3.35. The Labute approximate surface area is 159 Å². The van der Waals surface area contributed by atoms with Crippen LogP contribution < -0.4 is 5.32 Å². The molecular weight excluding hydrogens is 338 g/mol. The molecule has 0 unspecified atom stereocenters. The molecule has 27 heavy (non-hydrogen) atoms. The maximum atomic E-state index is 12.8. The van der Waals surface area contributed by atoms with Crippen molar-refractivity contribution >= 4 is 5.91 Å². The van der Waals surface area contributed by atoms with Gasteiger partial charge in [0, 0.05) is 56.8 Å². The van der Waals surface area contributed by atoms with Crippen molar-refractivity contribution in [2.24, 2.45) is 0 Å². The van der Waals surface area contributed by atoms with Gasteiger partial charge in [-0.1, -0.05) is 24.3 Å². The Balaban J connectivity index is 1.22. The zero-order valence-electron chi connectivity index (χ0n) is 15.5. The van der Waals surface area contributed by atoms with Gasteiger partial charge in [0.25, 0.3) is 0 Å². The first-order chi connectivity index (χ1) is 13.3. The minimum atomic E-state index is 0.206. The number of carbonyl (C=O) groups is 1. The van der Waals surface area contributed by atoms with Crippen LogP contribution in [-0.2, 0) is 30.8 Å². The standard InChI is InChI=1S/C21H25N5O/c27-20(14-25-11-16-3-1-2-4-17(16)12-25)26-8-6-19-18(13-26)10-23-21(24-19)15-5-7-22-9-15/h1-4,10,15,22H,5-9,11-14H2/t15-/m0/s1. The summed E-state index contributed by atoms with van der Waals surface area (Å²) in [4.78, 5) is 26.4. The monoisotopic (exact) mass is 363 g/mol. The van der Waals surface area contributed by atoms with Crippen molar-refractivity contribution in [2.75, 3.05) is 26.2 Å². The summed E-state index contributed by atoms with van der Waals surface area (Å²) >= 11 is 0. The number of aromatic nitrogens is 2. The summed E-state index contributed by atoms with van der Waals surface area (Å²) in [5.74, 6) is 1.61. The molecule has 5 rings (SSSR count). The first kappa shape index (κ1) is 16.8. The number of nitrogens with one attached hydrogen (secondary N) is 1. The number of hydrogen-bond acceptors (Lipinski definition) is 5. The minimum absolute atomic E-state index is 0.206. The van der Waals surface area contributed by atoms with Crippen molar-refractivity contribution in [3.63, 3.8) is 0 Å². The van der Waals surface area contributed by atoms with Gasteiger partial charge in [-0.3, -0.25) is 9.69 Å². The third-order valence-electron chi connectivity index (χ3n) is 6.00. The van der Waals surface area contributed by atoms with Gasteiger partial charge in [0.15, 0.2) is 0 Å². The van der Waals surface area contributed by atoms with Gasteiger partial charge in [0.05, 0.1) is 12.2 Å². The Bertz CT molecular complexity index is 836. The topological polar surface area (TPSA) is 61.4 Å². The van der Waals surface area contributed by atoms with Crippen molar-refractivity contribution in [3.05, 3.63) is 58.7 Å². The molecule has 0 bridgehead atoms. The molecule has 1 aromatic heterocycles. The van der Waals surface area contributed by atoms with Gasteiger partial charge in [0.2, 0.25) is 5.91 Å². The molecule has 0 saturated carbocycles. The third-order valence-corrected chi connectivity index (χ3v) is 6.00. The molecule has 6 heteroatoms. The fourth-order valence-corrected chi connectivity index (χ4v) is 4.42. The SMILES string of the molecule is O=C(CN1Cc2ccccc2C1)N1CCc2nc([C@H]3CCNC3)ncc2C1. The molecule has 0 aliphatic carbocycles. The van der Waals surface area contributed by atoms with Crippen molar-refractivity contribution < 1.29 is 4.79 Å². The Morgan fingerprint density at radius 2 is 1.96 bits per heavy atom. The molecule has 1 fully saturated rings. The average Bonchev–Trinajstić information content (AvgIpc) is 3.36. The lowest BCUT2D eigenvalue weighted by atomic mass is 10.0. The van der Waals surface area contributed by atoms with E-state index in [1.807, 2.05) is 11.1 Å². The molecule has 2 aromatic rings. The van der Waals surface area contributed by atoms with Crippen LogP contribution in [0.5, 0.6) is 0 Å². The molecule has 1 atom stereocenters. The Morgan fingerprint density at radius 3 is 2.70 bits per heavy atom. The summed E-state index contributed by atoms with van der Waals surface area (Å²) < 4.78 is 0. The van der Waals surface area contributed by atoms with Crippen LogP contribution in [0, 0.1) is 0 Å². The second-order valence-corrected chi connectivity index (χ2v) is 7.87. The maximum Gasteiger partial charge on any atom is 0.237 e. The molecule has 1 N–H and O–H groups in total. The van der Waals surface area contributed by atoms with Gasteiger partial charge in [-0.05, 0) is 24.1 Å². The van der Waals surface area contributed by atoms with Crippen molar-refractivity contribution in [3.8, 4) is 0 Å². The van der Waals surface area contributed by atoms with E-state index in [1.165, 1.54) is 11.1 Å². The molecule has 1 amide bonds. The van der Waals surface area contributed by atoms with Crippen molar-refractivity contribution in [2.45, 2.75) is 38.4 Å². The molecule has 1 aromatic carbocycles. The highest BCUT2D eigenvalue weighted by Gasteiger charge is 2.27. The van der Waals surface area contributed by atoms with E-state index in [9.17, 15) is 4.79 Å². The number of hydrogen-bond donors (Lipinski definition) is 1. The van der Waals surface area contributed by atoms with Gasteiger partial charge in [-0.15, -0.1) is 0 Å². The molecule has 1 saturated heterocycles.